The van der Waals surface area contributed by atoms with Gasteiger partial charge < -0.3 is 42.7 Å². The van der Waals surface area contributed by atoms with Gasteiger partial charge in [-0.25, -0.2) is 0 Å². The third-order valence-corrected chi connectivity index (χ3v) is 2.16. The molecule has 0 aromatic heterocycles. The molecule has 0 saturated carbocycles. The number of hydrogen-bond donors (Lipinski definition) is 9. The number of carboxylic acid groups (broad SMARTS) is 1. The molecule has 0 spiro atoms. The van der Waals surface area contributed by atoms with E-state index in [2.05, 4.69) is 11.5 Å². The molecule has 0 unspecified atom stereocenters. The number of hydrogen-bond acceptors (Lipinski definition) is 7. The number of benzene rings is 2. The smallest absolute Gasteiger partial charge is 0.300 e. The SMILES string of the molecule is CC(=O)O.N=C(N)N.NCc1ccc(O)c(O)c1.Oc1ccccc1O. The lowest BCUT2D eigenvalue weighted by Gasteiger charge is -1.98. The van der Waals surface area contributed by atoms with E-state index < -0.39 is 5.97 Å². The van der Waals surface area contributed by atoms with Gasteiger partial charge in [-0.05, 0) is 29.8 Å². The molecule has 26 heavy (non-hydrogen) atoms. The Bertz CT molecular complexity index is 653. The summed E-state index contributed by atoms with van der Waals surface area (Å²) in [5.74, 6) is -1.56. The number of aromatic hydroxyl groups is 4. The summed E-state index contributed by atoms with van der Waals surface area (Å²) in [4.78, 5) is 9.00. The molecule has 2 aromatic carbocycles. The molecule has 0 aliphatic rings. The Morgan fingerprint density at radius 1 is 0.923 bits per heavy atom. The highest BCUT2D eigenvalue weighted by molar-refractivity contribution is 5.71. The second-order valence-electron chi connectivity index (χ2n) is 4.49. The standard InChI is InChI=1S/C7H9NO2.C6H6O2.C2H4O2.CH5N3/c8-4-5-1-2-6(9)7(10)3-5;7-5-3-1-2-4-6(5)8;1-2(3)4;2-1(3)4/h1-3,9-10H,4,8H2;1-4,7-8H;1H3,(H,3,4);(H5,2,3,4). The average Bonchev–Trinajstić information content (AvgIpc) is 2.52. The Kier molecular flexibility index (Phi) is 13.0. The van der Waals surface area contributed by atoms with Crippen LogP contribution in [0.5, 0.6) is 23.0 Å². The topological polar surface area (TPSA) is 220 Å². The van der Waals surface area contributed by atoms with Crippen LogP contribution in [0.15, 0.2) is 42.5 Å². The molecule has 0 heterocycles. The molecule has 0 fully saturated rings. The Balaban J connectivity index is 0. The first-order valence-corrected chi connectivity index (χ1v) is 6.98. The van der Waals surface area contributed by atoms with Crippen molar-refractivity contribution in [2.24, 2.45) is 17.2 Å². The largest absolute Gasteiger partial charge is 0.504 e. The Morgan fingerprint density at radius 2 is 1.27 bits per heavy atom. The summed E-state index contributed by atoms with van der Waals surface area (Å²) in [6.07, 6.45) is 0. The zero-order chi connectivity index (χ0) is 20.7. The van der Waals surface area contributed by atoms with Gasteiger partial charge in [0.1, 0.15) is 0 Å². The maximum absolute atomic E-state index is 9.00. The van der Waals surface area contributed by atoms with Gasteiger partial charge in [0.25, 0.3) is 5.97 Å². The molecular weight excluding hydrogens is 344 g/mol. The van der Waals surface area contributed by atoms with Gasteiger partial charge in [0.2, 0.25) is 0 Å². The Morgan fingerprint density at radius 3 is 1.54 bits per heavy atom. The van der Waals surface area contributed by atoms with Crippen molar-refractivity contribution in [3.8, 4) is 23.0 Å². The third kappa shape index (κ3) is 15.2. The van der Waals surface area contributed by atoms with Crippen molar-refractivity contribution in [1.29, 1.82) is 5.41 Å². The van der Waals surface area contributed by atoms with Gasteiger partial charge in [0, 0.05) is 13.5 Å². The number of carboxylic acids is 1. The summed E-state index contributed by atoms with van der Waals surface area (Å²) in [6.45, 7) is 1.45. The summed E-state index contributed by atoms with van der Waals surface area (Å²) in [5, 5.41) is 48.6. The van der Waals surface area contributed by atoms with Crippen LogP contribution in [-0.2, 0) is 11.3 Å². The number of phenols is 4. The fraction of sp³-hybridized carbons (Fsp3) is 0.125. The highest BCUT2D eigenvalue weighted by atomic mass is 16.4. The third-order valence-electron chi connectivity index (χ3n) is 2.16. The molecule has 10 nitrogen and oxygen atoms in total. The van der Waals surface area contributed by atoms with E-state index in [0.717, 1.165) is 12.5 Å². The van der Waals surface area contributed by atoms with Crippen molar-refractivity contribution in [2.75, 3.05) is 0 Å². The summed E-state index contributed by atoms with van der Waals surface area (Å²) in [7, 11) is 0. The van der Waals surface area contributed by atoms with Crippen LogP contribution >= 0.6 is 0 Å². The minimum absolute atomic E-state index is 0.0764. The van der Waals surface area contributed by atoms with E-state index in [1.54, 1.807) is 18.2 Å². The van der Waals surface area contributed by atoms with Gasteiger partial charge in [-0.2, -0.15) is 0 Å². The predicted molar refractivity (Wildman–Crippen MR) is 96.8 cm³/mol. The van der Waals surface area contributed by atoms with Gasteiger partial charge in [0.05, 0.1) is 0 Å². The number of nitrogens with two attached hydrogens (primary N) is 3. The highest BCUT2D eigenvalue weighted by Crippen LogP contribution is 2.24. The van der Waals surface area contributed by atoms with E-state index in [1.807, 2.05) is 0 Å². The first-order chi connectivity index (χ1) is 12.0. The quantitative estimate of drug-likeness (QED) is 0.195. The van der Waals surface area contributed by atoms with Gasteiger partial charge in [-0.1, -0.05) is 18.2 Å². The van der Waals surface area contributed by atoms with E-state index in [4.69, 9.17) is 41.5 Å². The average molecular weight is 368 g/mol. The van der Waals surface area contributed by atoms with Crippen LogP contribution in [0.25, 0.3) is 0 Å². The van der Waals surface area contributed by atoms with Crippen LogP contribution < -0.4 is 17.2 Å². The first kappa shape index (κ1) is 24.6. The lowest BCUT2D eigenvalue weighted by Crippen LogP contribution is -2.20. The second kappa shape index (κ2) is 13.7. The van der Waals surface area contributed by atoms with E-state index in [9.17, 15) is 0 Å². The molecule has 2 aromatic rings. The highest BCUT2D eigenvalue weighted by Gasteiger charge is 1.97. The van der Waals surface area contributed by atoms with Crippen LogP contribution in [0.3, 0.4) is 0 Å². The number of nitrogens with one attached hydrogen (secondary N) is 1. The lowest BCUT2D eigenvalue weighted by atomic mass is 10.2. The molecule has 0 atom stereocenters. The maximum Gasteiger partial charge on any atom is 0.300 e. The van der Waals surface area contributed by atoms with Gasteiger partial charge in [-0.15, -0.1) is 0 Å². The van der Waals surface area contributed by atoms with E-state index in [-0.39, 0.29) is 29.0 Å². The number of rotatable bonds is 1. The number of para-hydroxylation sites is 2. The second-order valence-corrected chi connectivity index (χ2v) is 4.49. The summed E-state index contributed by atoms with van der Waals surface area (Å²) < 4.78 is 0. The summed E-state index contributed by atoms with van der Waals surface area (Å²) in [6, 6.07) is 10.7. The summed E-state index contributed by atoms with van der Waals surface area (Å²) >= 11 is 0. The minimum atomic E-state index is -0.833. The molecule has 144 valence electrons. The molecule has 2 rings (SSSR count). The molecule has 0 bridgehead atoms. The first-order valence-electron chi connectivity index (χ1n) is 6.98. The molecule has 0 aliphatic carbocycles. The fourth-order valence-corrected chi connectivity index (χ4v) is 1.16. The molecule has 0 aliphatic heterocycles. The molecule has 12 N–H and O–H groups in total. The number of phenolic OH excluding ortho intramolecular Hbond substituents is 4. The number of carbonyl (C=O) groups is 1. The van der Waals surface area contributed by atoms with Crippen molar-refractivity contribution in [2.45, 2.75) is 13.5 Å². The van der Waals surface area contributed by atoms with Gasteiger partial charge in [-0.3, -0.25) is 10.2 Å². The number of aliphatic carboxylic acids is 1. The van der Waals surface area contributed by atoms with Crippen LogP contribution in [0.1, 0.15) is 12.5 Å². The maximum atomic E-state index is 9.00. The van der Waals surface area contributed by atoms with Gasteiger partial charge >= 0.3 is 0 Å². The van der Waals surface area contributed by atoms with Crippen LogP contribution in [0.2, 0.25) is 0 Å². The summed E-state index contributed by atoms with van der Waals surface area (Å²) in [5.41, 5.74) is 15.0. The zero-order valence-corrected chi connectivity index (χ0v) is 14.1. The van der Waals surface area contributed by atoms with Gasteiger partial charge in [0.15, 0.2) is 29.0 Å². The normalized spacial score (nSPS) is 8.38. The lowest BCUT2D eigenvalue weighted by molar-refractivity contribution is -0.134. The van der Waals surface area contributed by atoms with Crippen molar-refractivity contribution in [1.82, 2.24) is 0 Å². The van der Waals surface area contributed by atoms with Crippen LogP contribution in [-0.4, -0.2) is 37.5 Å². The molecule has 10 heteroatoms. The van der Waals surface area contributed by atoms with Crippen molar-refractivity contribution >= 4 is 11.9 Å². The van der Waals surface area contributed by atoms with Crippen molar-refractivity contribution < 1.29 is 30.3 Å². The van der Waals surface area contributed by atoms with Crippen molar-refractivity contribution in [3.05, 3.63) is 48.0 Å². The monoisotopic (exact) mass is 368 g/mol. The molecule has 0 amide bonds. The number of guanidine groups is 1. The van der Waals surface area contributed by atoms with Crippen LogP contribution in [0.4, 0.5) is 0 Å². The Labute approximate surface area is 150 Å². The van der Waals surface area contributed by atoms with Crippen LogP contribution in [0, 0.1) is 5.41 Å². The van der Waals surface area contributed by atoms with E-state index in [1.165, 1.54) is 24.3 Å². The molecular formula is C16H24N4O6. The molecule has 0 radical (unpaired) electrons. The Hall–Kier alpha value is -3.66. The van der Waals surface area contributed by atoms with Crippen molar-refractivity contribution in [3.63, 3.8) is 0 Å². The predicted octanol–water partition coefficient (Wildman–Crippen LogP) is 0.584. The zero-order valence-electron chi connectivity index (χ0n) is 14.1. The van der Waals surface area contributed by atoms with E-state index in [0.29, 0.717) is 6.54 Å². The minimum Gasteiger partial charge on any atom is -0.504 e. The fourth-order valence-electron chi connectivity index (χ4n) is 1.16. The molecule has 0 saturated heterocycles. The van der Waals surface area contributed by atoms with E-state index >= 15 is 0 Å².